The third-order valence-electron chi connectivity index (χ3n) is 2.19. The maximum atomic E-state index is 11.6. The summed E-state index contributed by atoms with van der Waals surface area (Å²) in [6.07, 6.45) is -0.699. The van der Waals surface area contributed by atoms with Crippen molar-refractivity contribution in [3.63, 3.8) is 0 Å². The Kier molecular flexibility index (Phi) is 7.32. The highest BCUT2D eigenvalue weighted by atomic mass is 35.5. The van der Waals surface area contributed by atoms with Gasteiger partial charge in [0.25, 0.3) is 0 Å². The van der Waals surface area contributed by atoms with E-state index in [1.807, 2.05) is 6.07 Å². The van der Waals surface area contributed by atoms with E-state index in [1.165, 1.54) is 11.8 Å². The molecule has 0 atom stereocenters. The van der Waals surface area contributed by atoms with Gasteiger partial charge in [0.1, 0.15) is 5.60 Å². The molecule has 0 unspecified atom stereocenters. The summed E-state index contributed by atoms with van der Waals surface area (Å²) in [6.45, 7) is 5.21. The highest BCUT2D eigenvalue weighted by Crippen LogP contribution is 2.24. The average molecular weight is 365 g/mol. The topological polar surface area (TPSA) is 67.4 Å². The summed E-state index contributed by atoms with van der Waals surface area (Å²) < 4.78 is 4.99. The Hall–Kier alpha value is -1.11. The first-order valence-corrected chi connectivity index (χ1v) is 8.38. The van der Waals surface area contributed by atoms with Gasteiger partial charge in [-0.15, -0.1) is 11.8 Å². The summed E-state index contributed by atoms with van der Waals surface area (Å²) in [4.78, 5) is 22.9. The fourth-order valence-electron chi connectivity index (χ4n) is 1.35. The molecule has 0 heterocycles. The lowest BCUT2D eigenvalue weighted by atomic mass is 10.2. The van der Waals surface area contributed by atoms with E-state index in [4.69, 9.17) is 27.9 Å². The van der Waals surface area contributed by atoms with Gasteiger partial charge in [0.05, 0.1) is 15.8 Å². The lowest BCUT2D eigenvalue weighted by Crippen LogP contribution is -2.45. The molecule has 0 bridgehead atoms. The second-order valence-electron chi connectivity index (χ2n) is 5.42. The van der Waals surface area contributed by atoms with Gasteiger partial charge in [-0.3, -0.25) is 10.2 Å². The van der Waals surface area contributed by atoms with Gasteiger partial charge in [-0.1, -0.05) is 29.3 Å². The molecule has 2 amide bonds. The molecule has 2 N–H and O–H groups in total. The zero-order valence-corrected chi connectivity index (χ0v) is 14.9. The largest absolute Gasteiger partial charge is 0.443 e. The first-order chi connectivity index (χ1) is 10.2. The molecule has 0 spiro atoms. The van der Waals surface area contributed by atoms with Crippen LogP contribution >= 0.6 is 35.0 Å². The van der Waals surface area contributed by atoms with Gasteiger partial charge < -0.3 is 4.74 Å². The third kappa shape index (κ3) is 7.77. The Bertz CT molecular complexity index is 547. The minimum Gasteiger partial charge on any atom is -0.443 e. The zero-order valence-electron chi connectivity index (χ0n) is 12.5. The number of hydrogen-bond donors (Lipinski definition) is 2. The number of rotatable bonds is 4. The standard InChI is InChI=1S/C14H18Cl2N2O3S/c1-14(2,3)21-13(20)18-17-12(19)8-22-7-9-4-5-10(15)11(16)6-9/h4-6H,7-8H2,1-3H3,(H,17,19)(H,18,20). The lowest BCUT2D eigenvalue weighted by molar-refractivity contribution is -0.119. The minimum absolute atomic E-state index is 0.191. The van der Waals surface area contributed by atoms with Crippen molar-refractivity contribution >= 4 is 47.0 Å². The van der Waals surface area contributed by atoms with Crippen molar-refractivity contribution in [2.45, 2.75) is 32.1 Å². The summed E-state index contributed by atoms with van der Waals surface area (Å²) in [7, 11) is 0. The van der Waals surface area contributed by atoms with Crippen LogP contribution in [0.25, 0.3) is 0 Å². The Labute approximate surface area is 144 Å². The summed E-state index contributed by atoms with van der Waals surface area (Å²) in [5.41, 5.74) is 4.82. The summed E-state index contributed by atoms with van der Waals surface area (Å²) in [5.74, 6) is 0.475. The fourth-order valence-corrected chi connectivity index (χ4v) is 2.45. The summed E-state index contributed by atoms with van der Waals surface area (Å²) in [6, 6.07) is 5.32. The predicted molar refractivity (Wildman–Crippen MR) is 90.1 cm³/mol. The Balaban J connectivity index is 2.26. The number of thioether (sulfide) groups is 1. The van der Waals surface area contributed by atoms with Gasteiger partial charge in [-0.25, -0.2) is 10.2 Å². The van der Waals surface area contributed by atoms with Gasteiger partial charge in [-0.2, -0.15) is 0 Å². The van der Waals surface area contributed by atoms with E-state index in [2.05, 4.69) is 10.9 Å². The van der Waals surface area contributed by atoms with Crippen LogP contribution in [0.15, 0.2) is 18.2 Å². The number of hydrogen-bond acceptors (Lipinski definition) is 4. The molecule has 0 aliphatic rings. The van der Waals surface area contributed by atoms with Crippen molar-refractivity contribution in [2.24, 2.45) is 0 Å². The van der Waals surface area contributed by atoms with E-state index in [1.54, 1.807) is 32.9 Å². The molecule has 0 aromatic heterocycles. The molecule has 0 radical (unpaired) electrons. The summed E-state index contributed by atoms with van der Waals surface area (Å²) in [5, 5.41) is 0.977. The number of nitrogens with one attached hydrogen (secondary N) is 2. The summed E-state index contributed by atoms with van der Waals surface area (Å²) >= 11 is 13.1. The van der Waals surface area contributed by atoms with Gasteiger partial charge >= 0.3 is 6.09 Å². The SMILES string of the molecule is CC(C)(C)OC(=O)NNC(=O)CSCc1ccc(Cl)c(Cl)c1. The van der Waals surface area contributed by atoms with Crippen LogP contribution < -0.4 is 10.9 Å². The molecule has 0 fully saturated rings. The molecule has 0 aliphatic heterocycles. The third-order valence-corrected chi connectivity index (χ3v) is 3.93. The molecule has 122 valence electrons. The second kappa shape index (κ2) is 8.50. The highest BCUT2D eigenvalue weighted by molar-refractivity contribution is 7.99. The Morgan fingerprint density at radius 3 is 2.45 bits per heavy atom. The van der Waals surface area contributed by atoms with Gasteiger partial charge in [0.15, 0.2) is 0 Å². The van der Waals surface area contributed by atoms with Crippen LogP contribution in [0.3, 0.4) is 0 Å². The molecule has 1 rings (SSSR count). The molecule has 0 saturated heterocycles. The predicted octanol–water partition coefficient (Wildman–Crippen LogP) is 3.78. The van der Waals surface area contributed by atoms with E-state index in [0.717, 1.165) is 5.56 Å². The average Bonchev–Trinajstić information content (AvgIpc) is 2.38. The van der Waals surface area contributed by atoms with Gasteiger partial charge in [-0.05, 0) is 38.5 Å². The molecule has 5 nitrogen and oxygen atoms in total. The van der Waals surface area contributed by atoms with E-state index < -0.39 is 11.7 Å². The van der Waals surface area contributed by atoms with Crippen LogP contribution in [0.2, 0.25) is 10.0 Å². The molecule has 1 aromatic rings. The zero-order chi connectivity index (χ0) is 16.8. The van der Waals surface area contributed by atoms with Crippen molar-refractivity contribution < 1.29 is 14.3 Å². The number of amides is 2. The normalized spacial score (nSPS) is 11.0. The quantitative estimate of drug-likeness (QED) is 0.797. The van der Waals surface area contributed by atoms with Gasteiger partial charge in [0.2, 0.25) is 5.91 Å². The molecule has 1 aromatic carbocycles. The monoisotopic (exact) mass is 364 g/mol. The molecular weight excluding hydrogens is 347 g/mol. The van der Waals surface area contributed by atoms with Crippen LogP contribution in [-0.2, 0) is 15.3 Å². The number of carbonyl (C=O) groups excluding carboxylic acids is 2. The van der Waals surface area contributed by atoms with E-state index in [9.17, 15) is 9.59 Å². The molecular formula is C14H18Cl2N2O3S. The van der Waals surface area contributed by atoms with Crippen LogP contribution in [0.5, 0.6) is 0 Å². The first kappa shape index (κ1) is 18.9. The molecule has 22 heavy (non-hydrogen) atoms. The fraction of sp³-hybridized carbons (Fsp3) is 0.429. The maximum absolute atomic E-state index is 11.6. The van der Waals surface area contributed by atoms with Crippen LogP contribution in [0.4, 0.5) is 4.79 Å². The van der Waals surface area contributed by atoms with Crippen LogP contribution in [0, 0.1) is 0 Å². The smallest absolute Gasteiger partial charge is 0.426 e. The molecule has 8 heteroatoms. The van der Waals surface area contributed by atoms with Crippen molar-refractivity contribution in [3.8, 4) is 0 Å². The molecule has 0 aliphatic carbocycles. The van der Waals surface area contributed by atoms with Crippen LogP contribution in [0.1, 0.15) is 26.3 Å². The second-order valence-corrected chi connectivity index (χ2v) is 7.22. The number of benzene rings is 1. The van der Waals surface area contributed by atoms with E-state index in [0.29, 0.717) is 15.8 Å². The Morgan fingerprint density at radius 1 is 1.18 bits per heavy atom. The minimum atomic E-state index is -0.699. The van der Waals surface area contributed by atoms with Crippen molar-refractivity contribution in [1.29, 1.82) is 0 Å². The van der Waals surface area contributed by atoms with E-state index >= 15 is 0 Å². The Morgan fingerprint density at radius 2 is 1.86 bits per heavy atom. The van der Waals surface area contributed by atoms with Crippen molar-refractivity contribution in [2.75, 3.05) is 5.75 Å². The number of ether oxygens (including phenoxy) is 1. The number of carbonyl (C=O) groups is 2. The van der Waals surface area contributed by atoms with Crippen molar-refractivity contribution in [3.05, 3.63) is 33.8 Å². The highest BCUT2D eigenvalue weighted by Gasteiger charge is 2.16. The van der Waals surface area contributed by atoms with Crippen molar-refractivity contribution in [1.82, 2.24) is 10.9 Å². The van der Waals surface area contributed by atoms with E-state index in [-0.39, 0.29) is 11.7 Å². The number of halogens is 2. The first-order valence-electron chi connectivity index (χ1n) is 6.47. The number of hydrazine groups is 1. The lowest BCUT2D eigenvalue weighted by Gasteiger charge is -2.19. The van der Waals surface area contributed by atoms with Gasteiger partial charge in [0, 0.05) is 5.75 Å². The van der Waals surface area contributed by atoms with Crippen LogP contribution in [-0.4, -0.2) is 23.4 Å². The molecule has 0 saturated carbocycles. The maximum Gasteiger partial charge on any atom is 0.426 e.